The van der Waals surface area contributed by atoms with Gasteiger partial charge in [-0.1, -0.05) is 0 Å². The minimum absolute atomic E-state index is 0.209. The first-order chi connectivity index (χ1) is 11.3. The van der Waals surface area contributed by atoms with Gasteiger partial charge < -0.3 is 9.80 Å². The van der Waals surface area contributed by atoms with Crippen molar-refractivity contribution in [1.29, 1.82) is 0 Å². The minimum Gasteiger partial charge on any atom is -0.342 e. The van der Waals surface area contributed by atoms with Gasteiger partial charge in [0.15, 0.2) is 0 Å². The molecule has 2 aromatic rings. The van der Waals surface area contributed by atoms with Crippen molar-refractivity contribution in [2.75, 3.05) is 29.4 Å². The Hall–Kier alpha value is -1.96. The predicted octanol–water partition coefficient (Wildman–Crippen LogP) is 1.80. The van der Waals surface area contributed by atoms with Crippen LogP contribution in [0, 0.1) is 0 Å². The molecule has 3 fully saturated rings. The number of nitrogens with zero attached hydrogens (tertiary/aromatic N) is 6. The molecule has 1 aliphatic carbocycles. The molecule has 0 unspecified atom stereocenters. The van der Waals surface area contributed by atoms with Crippen molar-refractivity contribution >= 4 is 28.3 Å². The van der Waals surface area contributed by atoms with E-state index in [4.69, 9.17) is 0 Å². The summed E-state index contributed by atoms with van der Waals surface area (Å²) in [5.41, 5.74) is 0.929. The lowest BCUT2D eigenvalue weighted by Crippen LogP contribution is -2.48. The van der Waals surface area contributed by atoms with E-state index in [1.54, 1.807) is 0 Å². The van der Waals surface area contributed by atoms with E-state index in [2.05, 4.69) is 19.4 Å². The number of aromatic nitrogens is 4. The normalized spacial score (nSPS) is 22.0. The fourth-order valence-corrected chi connectivity index (χ4v) is 3.99. The minimum atomic E-state index is 0.209. The SMILES string of the molecule is O=C1CCCN1c1cnn(C2CN(c3nc(C4CC4)ns3)C2)c1. The van der Waals surface area contributed by atoms with Gasteiger partial charge in [0.1, 0.15) is 5.82 Å². The lowest BCUT2D eigenvalue weighted by atomic mass is 10.1. The molecule has 7 nitrogen and oxygen atoms in total. The summed E-state index contributed by atoms with van der Waals surface area (Å²) in [5.74, 6) is 1.85. The van der Waals surface area contributed by atoms with Gasteiger partial charge in [-0.15, -0.1) is 0 Å². The molecule has 8 heteroatoms. The summed E-state index contributed by atoms with van der Waals surface area (Å²) >= 11 is 1.51. The first kappa shape index (κ1) is 13.5. The van der Waals surface area contributed by atoms with E-state index >= 15 is 0 Å². The van der Waals surface area contributed by atoms with Crippen LogP contribution in [-0.2, 0) is 4.79 Å². The fraction of sp³-hybridized carbons (Fsp3) is 0.600. The first-order valence-corrected chi connectivity index (χ1v) is 8.98. The van der Waals surface area contributed by atoms with Crippen LogP contribution in [0.5, 0.6) is 0 Å². The molecule has 120 valence electrons. The fourth-order valence-electron chi connectivity index (χ4n) is 3.23. The lowest BCUT2D eigenvalue weighted by molar-refractivity contribution is -0.117. The average Bonchev–Trinajstić information content (AvgIpc) is 2.89. The number of anilines is 2. The van der Waals surface area contributed by atoms with Crippen LogP contribution in [0.3, 0.4) is 0 Å². The van der Waals surface area contributed by atoms with E-state index in [0.717, 1.165) is 42.7 Å². The second-order valence-corrected chi connectivity index (χ2v) is 7.33. The predicted molar refractivity (Wildman–Crippen MR) is 86.9 cm³/mol. The summed E-state index contributed by atoms with van der Waals surface area (Å²) in [6, 6.07) is 0.356. The molecule has 0 atom stereocenters. The van der Waals surface area contributed by atoms with Crippen molar-refractivity contribution in [1.82, 2.24) is 19.1 Å². The number of hydrogen-bond donors (Lipinski definition) is 0. The Morgan fingerprint density at radius 2 is 2.13 bits per heavy atom. The monoisotopic (exact) mass is 330 g/mol. The van der Waals surface area contributed by atoms with Crippen LogP contribution in [0.2, 0.25) is 0 Å². The quantitative estimate of drug-likeness (QED) is 0.855. The molecule has 0 aromatic carbocycles. The zero-order chi connectivity index (χ0) is 15.4. The highest BCUT2D eigenvalue weighted by Gasteiger charge is 2.34. The molecule has 2 aliphatic heterocycles. The van der Waals surface area contributed by atoms with Crippen LogP contribution in [0.15, 0.2) is 12.4 Å². The zero-order valence-corrected chi connectivity index (χ0v) is 13.6. The van der Waals surface area contributed by atoms with Gasteiger partial charge in [0.05, 0.1) is 17.9 Å². The maximum absolute atomic E-state index is 11.8. The number of rotatable bonds is 4. The van der Waals surface area contributed by atoms with E-state index in [1.165, 1.54) is 24.4 Å². The lowest BCUT2D eigenvalue weighted by Gasteiger charge is -2.38. The summed E-state index contributed by atoms with van der Waals surface area (Å²) < 4.78 is 6.45. The third-order valence-corrected chi connectivity index (χ3v) is 5.64. The van der Waals surface area contributed by atoms with Gasteiger partial charge in [-0.25, -0.2) is 4.98 Å². The molecule has 0 radical (unpaired) electrons. The van der Waals surface area contributed by atoms with E-state index < -0.39 is 0 Å². The van der Waals surface area contributed by atoms with Crippen molar-refractivity contribution < 1.29 is 4.79 Å². The third-order valence-electron chi connectivity index (χ3n) is 4.85. The summed E-state index contributed by atoms with van der Waals surface area (Å²) in [7, 11) is 0. The molecule has 0 N–H and O–H groups in total. The van der Waals surface area contributed by atoms with Crippen molar-refractivity contribution in [3.63, 3.8) is 0 Å². The average molecular weight is 330 g/mol. The molecular formula is C15H18N6OS. The number of carbonyl (C=O) groups excluding carboxylic acids is 1. The molecule has 3 aliphatic rings. The van der Waals surface area contributed by atoms with Gasteiger partial charge in [-0.2, -0.15) is 9.47 Å². The maximum Gasteiger partial charge on any atom is 0.227 e. The molecule has 2 aromatic heterocycles. The third kappa shape index (κ3) is 2.32. The highest BCUT2D eigenvalue weighted by atomic mass is 32.1. The van der Waals surface area contributed by atoms with Crippen molar-refractivity contribution in [2.24, 2.45) is 0 Å². The highest BCUT2D eigenvalue weighted by molar-refractivity contribution is 7.09. The van der Waals surface area contributed by atoms with Crippen molar-refractivity contribution in [2.45, 2.75) is 37.6 Å². The van der Waals surface area contributed by atoms with E-state index in [1.807, 2.05) is 22.0 Å². The Morgan fingerprint density at radius 1 is 1.26 bits per heavy atom. The van der Waals surface area contributed by atoms with E-state index in [0.29, 0.717) is 18.4 Å². The molecule has 0 bridgehead atoms. The van der Waals surface area contributed by atoms with Crippen LogP contribution >= 0.6 is 11.5 Å². The molecule has 23 heavy (non-hydrogen) atoms. The molecule has 1 amide bonds. The van der Waals surface area contributed by atoms with Crippen LogP contribution in [0.25, 0.3) is 0 Å². The number of hydrogen-bond acceptors (Lipinski definition) is 6. The van der Waals surface area contributed by atoms with Crippen LogP contribution in [-0.4, -0.2) is 44.7 Å². The molecule has 1 saturated carbocycles. The first-order valence-electron chi connectivity index (χ1n) is 8.21. The topological polar surface area (TPSA) is 67.2 Å². The molecule has 4 heterocycles. The van der Waals surface area contributed by atoms with Gasteiger partial charge in [0.2, 0.25) is 11.0 Å². The summed E-state index contributed by atoms with van der Waals surface area (Å²) in [4.78, 5) is 20.6. The largest absolute Gasteiger partial charge is 0.342 e. The van der Waals surface area contributed by atoms with Crippen molar-refractivity contribution in [3.8, 4) is 0 Å². The second kappa shape index (κ2) is 5.02. The smallest absolute Gasteiger partial charge is 0.227 e. The Morgan fingerprint density at radius 3 is 2.87 bits per heavy atom. The Bertz CT molecular complexity index is 745. The standard InChI is InChI=1S/C15H18N6OS/c22-13-2-1-5-20(13)11-6-16-21(9-11)12-7-19(8-12)15-17-14(18-23-15)10-3-4-10/h6,9-10,12H,1-5,7-8H2. The van der Waals surface area contributed by atoms with Gasteiger partial charge in [0.25, 0.3) is 0 Å². The van der Waals surface area contributed by atoms with Crippen LogP contribution in [0.4, 0.5) is 10.8 Å². The summed E-state index contributed by atoms with van der Waals surface area (Å²) in [6.07, 6.45) is 7.89. The molecular weight excluding hydrogens is 312 g/mol. The van der Waals surface area contributed by atoms with Crippen LogP contribution in [0.1, 0.15) is 43.5 Å². The second-order valence-electron chi connectivity index (χ2n) is 6.60. The number of carbonyl (C=O) groups is 1. The Kier molecular flexibility index (Phi) is 2.94. The highest BCUT2D eigenvalue weighted by Crippen LogP contribution is 2.40. The van der Waals surface area contributed by atoms with E-state index in [9.17, 15) is 4.79 Å². The summed E-state index contributed by atoms with van der Waals surface area (Å²) in [5, 5.41) is 5.48. The van der Waals surface area contributed by atoms with Gasteiger partial charge in [-0.3, -0.25) is 9.48 Å². The maximum atomic E-state index is 11.8. The zero-order valence-electron chi connectivity index (χ0n) is 12.8. The van der Waals surface area contributed by atoms with Gasteiger partial charge >= 0.3 is 0 Å². The Balaban J connectivity index is 1.24. The van der Waals surface area contributed by atoms with E-state index in [-0.39, 0.29) is 5.91 Å². The molecule has 2 saturated heterocycles. The molecule has 0 spiro atoms. The van der Waals surface area contributed by atoms with Crippen molar-refractivity contribution in [3.05, 3.63) is 18.2 Å². The number of amides is 1. The molecule has 5 rings (SSSR count). The Labute approximate surface area is 138 Å². The van der Waals surface area contributed by atoms with Gasteiger partial charge in [-0.05, 0) is 19.3 Å². The van der Waals surface area contributed by atoms with Gasteiger partial charge in [0, 0.05) is 49.7 Å². The van der Waals surface area contributed by atoms with Crippen LogP contribution < -0.4 is 9.80 Å². The summed E-state index contributed by atoms with van der Waals surface area (Å²) in [6.45, 7) is 2.64.